The van der Waals surface area contributed by atoms with Crippen LogP contribution in [0.2, 0.25) is 0 Å². The summed E-state index contributed by atoms with van der Waals surface area (Å²) in [5.41, 5.74) is 12.9. The van der Waals surface area contributed by atoms with Crippen LogP contribution in [0.1, 0.15) is 37.9 Å². The molecule has 1 aromatic carbocycles. The average Bonchev–Trinajstić information content (AvgIpc) is 3.41. The van der Waals surface area contributed by atoms with Crippen molar-refractivity contribution in [3.8, 4) is 11.3 Å². The van der Waals surface area contributed by atoms with Crippen LogP contribution in [0.25, 0.3) is 16.9 Å². The molecule has 2 aliphatic rings. The fourth-order valence-corrected chi connectivity index (χ4v) is 5.17. The van der Waals surface area contributed by atoms with Gasteiger partial charge in [-0.3, -0.25) is 14.5 Å². The predicted octanol–water partition coefficient (Wildman–Crippen LogP) is 3.27. The lowest BCUT2D eigenvalue weighted by Crippen LogP contribution is -2.36. The third-order valence-electron chi connectivity index (χ3n) is 6.95. The fourth-order valence-electron chi connectivity index (χ4n) is 5.17. The van der Waals surface area contributed by atoms with E-state index in [9.17, 15) is 9.59 Å². The Morgan fingerprint density at radius 3 is 2.68 bits per heavy atom. The zero-order valence-electron chi connectivity index (χ0n) is 19.8. The molecule has 0 unspecified atom stereocenters. The van der Waals surface area contributed by atoms with E-state index in [4.69, 9.17) is 15.5 Å². The van der Waals surface area contributed by atoms with Crippen LogP contribution in [0, 0.1) is 5.92 Å². The molecular weight excluding hydrogens is 430 g/mol. The van der Waals surface area contributed by atoms with Crippen molar-refractivity contribution >= 4 is 28.9 Å². The highest BCUT2D eigenvalue weighted by atomic mass is 16.5. The van der Waals surface area contributed by atoms with Gasteiger partial charge in [-0.25, -0.2) is 4.98 Å². The number of imidazole rings is 1. The molecule has 0 atom stereocenters. The standard InChI is InChI=1S/C26H31N5O3/c1-3-34-26(33)18-8-11-29(12-9-18)16-23-25(28-24-7-5-21(27)15-31(23)24)20-4-6-22-19(14-20)10-13-30(22)17(2)32/h4-7,14-15,18H,3,8-13,16,27H2,1-2H3. The maximum atomic E-state index is 12.1. The van der Waals surface area contributed by atoms with Gasteiger partial charge in [-0.1, -0.05) is 6.07 Å². The van der Waals surface area contributed by atoms with Crippen LogP contribution in [-0.2, 0) is 27.3 Å². The Kier molecular flexibility index (Phi) is 6.00. The first-order valence-corrected chi connectivity index (χ1v) is 12.0. The molecule has 4 heterocycles. The second kappa shape index (κ2) is 9.10. The highest BCUT2D eigenvalue weighted by Crippen LogP contribution is 2.34. The van der Waals surface area contributed by atoms with Crippen molar-refractivity contribution in [3.63, 3.8) is 0 Å². The number of rotatable bonds is 5. The first-order valence-electron chi connectivity index (χ1n) is 12.0. The number of carbonyl (C=O) groups is 2. The number of carbonyl (C=O) groups excluding carboxylic acids is 2. The van der Waals surface area contributed by atoms with Crippen LogP contribution >= 0.6 is 0 Å². The number of benzene rings is 1. The Morgan fingerprint density at radius 1 is 1.15 bits per heavy atom. The van der Waals surface area contributed by atoms with Gasteiger partial charge in [-0.15, -0.1) is 0 Å². The molecule has 0 saturated carbocycles. The number of pyridine rings is 1. The van der Waals surface area contributed by atoms with Gasteiger partial charge in [0.1, 0.15) is 5.65 Å². The molecule has 3 aromatic rings. The molecule has 178 valence electrons. The van der Waals surface area contributed by atoms with Crippen molar-refractivity contribution in [2.75, 3.05) is 36.9 Å². The Hall–Kier alpha value is -3.39. The van der Waals surface area contributed by atoms with E-state index in [2.05, 4.69) is 21.4 Å². The summed E-state index contributed by atoms with van der Waals surface area (Å²) in [4.78, 5) is 33.3. The first kappa shape index (κ1) is 22.4. The van der Waals surface area contributed by atoms with Crippen molar-refractivity contribution in [1.82, 2.24) is 14.3 Å². The molecule has 1 amide bonds. The average molecular weight is 462 g/mol. The Labute approximate surface area is 199 Å². The minimum Gasteiger partial charge on any atom is -0.466 e. The number of piperidine rings is 1. The van der Waals surface area contributed by atoms with Crippen molar-refractivity contribution in [1.29, 1.82) is 0 Å². The highest BCUT2D eigenvalue weighted by molar-refractivity contribution is 5.94. The minimum atomic E-state index is -0.0804. The number of aromatic nitrogens is 2. The first-order chi connectivity index (χ1) is 16.4. The molecule has 2 aliphatic heterocycles. The van der Waals surface area contributed by atoms with Gasteiger partial charge in [-0.2, -0.15) is 0 Å². The highest BCUT2D eigenvalue weighted by Gasteiger charge is 2.28. The molecule has 8 heteroatoms. The van der Waals surface area contributed by atoms with Crippen molar-refractivity contribution in [2.24, 2.45) is 5.92 Å². The van der Waals surface area contributed by atoms with Gasteiger partial charge in [0.25, 0.3) is 0 Å². The van der Waals surface area contributed by atoms with E-state index in [-0.39, 0.29) is 17.8 Å². The number of nitrogens with zero attached hydrogens (tertiary/aromatic N) is 4. The van der Waals surface area contributed by atoms with Crippen LogP contribution < -0.4 is 10.6 Å². The Morgan fingerprint density at radius 2 is 1.94 bits per heavy atom. The summed E-state index contributed by atoms with van der Waals surface area (Å²) in [6.45, 7) is 6.98. The normalized spacial score (nSPS) is 16.7. The summed E-state index contributed by atoms with van der Waals surface area (Å²) in [5, 5.41) is 0. The number of esters is 1. The third kappa shape index (κ3) is 4.14. The van der Waals surface area contributed by atoms with Crippen LogP contribution in [0.3, 0.4) is 0 Å². The second-order valence-electron chi connectivity index (χ2n) is 9.16. The number of hydrogen-bond donors (Lipinski definition) is 1. The second-order valence-corrected chi connectivity index (χ2v) is 9.16. The smallest absolute Gasteiger partial charge is 0.309 e. The molecule has 0 aliphatic carbocycles. The van der Waals surface area contributed by atoms with Gasteiger partial charge >= 0.3 is 5.97 Å². The van der Waals surface area contributed by atoms with Gasteiger partial charge in [0.05, 0.1) is 23.9 Å². The number of fused-ring (bicyclic) bond motifs is 2. The Bertz CT molecular complexity index is 1240. The van der Waals surface area contributed by atoms with Crippen molar-refractivity contribution in [3.05, 3.63) is 47.8 Å². The Balaban J connectivity index is 1.45. The molecule has 2 N–H and O–H groups in total. The molecular formula is C26H31N5O3. The maximum absolute atomic E-state index is 12.1. The number of nitrogen functional groups attached to an aromatic ring is 1. The van der Waals surface area contributed by atoms with E-state index in [1.807, 2.05) is 36.2 Å². The summed E-state index contributed by atoms with van der Waals surface area (Å²) < 4.78 is 7.30. The van der Waals surface area contributed by atoms with E-state index in [1.165, 1.54) is 5.56 Å². The van der Waals surface area contributed by atoms with E-state index in [0.29, 0.717) is 18.8 Å². The molecule has 8 nitrogen and oxygen atoms in total. The van der Waals surface area contributed by atoms with E-state index in [0.717, 1.165) is 67.2 Å². The fraction of sp³-hybridized carbons (Fsp3) is 0.423. The zero-order chi connectivity index (χ0) is 23.8. The van der Waals surface area contributed by atoms with Gasteiger partial charge in [-0.05, 0) is 69.1 Å². The molecule has 5 rings (SSSR count). The molecule has 1 fully saturated rings. The van der Waals surface area contributed by atoms with Crippen LogP contribution in [0.15, 0.2) is 36.5 Å². The summed E-state index contributed by atoms with van der Waals surface area (Å²) in [6, 6.07) is 10.1. The topological polar surface area (TPSA) is 93.2 Å². The summed E-state index contributed by atoms with van der Waals surface area (Å²) in [5.74, 6) is -0.0285. The lowest BCUT2D eigenvalue weighted by molar-refractivity contribution is -0.149. The number of likely N-dealkylation sites (tertiary alicyclic amines) is 1. The molecule has 0 radical (unpaired) electrons. The lowest BCUT2D eigenvalue weighted by Gasteiger charge is -2.30. The van der Waals surface area contributed by atoms with Crippen LogP contribution in [-0.4, -0.2) is 52.4 Å². The minimum absolute atomic E-state index is 0.0190. The summed E-state index contributed by atoms with van der Waals surface area (Å²) >= 11 is 0. The third-order valence-corrected chi connectivity index (χ3v) is 6.95. The summed E-state index contributed by atoms with van der Waals surface area (Å²) in [6.07, 6.45) is 4.37. The molecule has 1 saturated heterocycles. The van der Waals surface area contributed by atoms with Gasteiger partial charge < -0.3 is 19.8 Å². The van der Waals surface area contributed by atoms with Gasteiger partial charge in [0, 0.05) is 43.1 Å². The quantitative estimate of drug-likeness (QED) is 0.586. The van der Waals surface area contributed by atoms with Crippen molar-refractivity contribution in [2.45, 2.75) is 39.7 Å². The number of nitrogens with two attached hydrogens (primary N) is 1. The number of amides is 1. The number of ether oxygens (including phenoxy) is 1. The van der Waals surface area contributed by atoms with E-state index in [1.54, 1.807) is 6.92 Å². The van der Waals surface area contributed by atoms with E-state index < -0.39 is 0 Å². The monoisotopic (exact) mass is 461 g/mol. The van der Waals surface area contributed by atoms with E-state index >= 15 is 0 Å². The maximum Gasteiger partial charge on any atom is 0.309 e. The lowest BCUT2D eigenvalue weighted by atomic mass is 9.96. The predicted molar refractivity (Wildman–Crippen MR) is 131 cm³/mol. The molecule has 0 spiro atoms. The van der Waals surface area contributed by atoms with Crippen molar-refractivity contribution < 1.29 is 14.3 Å². The van der Waals surface area contributed by atoms with Gasteiger partial charge in [0.15, 0.2) is 0 Å². The molecule has 2 aromatic heterocycles. The largest absolute Gasteiger partial charge is 0.466 e. The van der Waals surface area contributed by atoms with Gasteiger partial charge in [0.2, 0.25) is 5.91 Å². The molecule has 34 heavy (non-hydrogen) atoms. The number of anilines is 2. The SMILES string of the molecule is CCOC(=O)C1CCN(Cc2c(-c3ccc4c(c3)CCN4C(C)=O)nc3ccc(N)cn23)CC1. The van der Waals surface area contributed by atoms with Crippen LogP contribution in [0.5, 0.6) is 0 Å². The zero-order valence-corrected chi connectivity index (χ0v) is 19.8. The number of hydrogen-bond acceptors (Lipinski definition) is 6. The summed E-state index contributed by atoms with van der Waals surface area (Å²) in [7, 11) is 0. The molecule has 0 bridgehead atoms. The van der Waals surface area contributed by atoms with Crippen LogP contribution in [0.4, 0.5) is 11.4 Å².